The lowest BCUT2D eigenvalue weighted by Crippen LogP contribution is -2.28. The topological polar surface area (TPSA) is 97.1 Å². The summed E-state index contributed by atoms with van der Waals surface area (Å²) in [6, 6.07) is 8.23. The number of unbranched alkanes of at least 4 members (excludes halogenated alkanes) is 7. The van der Waals surface area contributed by atoms with Crippen LogP contribution >= 0.6 is 0 Å². The molecule has 0 heterocycles. The summed E-state index contributed by atoms with van der Waals surface area (Å²) in [7, 11) is -3.64. The molecule has 190 valence electrons. The molecule has 0 aliphatic carbocycles. The van der Waals surface area contributed by atoms with Crippen LogP contribution in [0.5, 0.6) is 5.75 Å². The molecule has 0 bridgehead atoms. The molecule has 0 radical (unpaired) electrons. The number of ether oxygens (including phenoxy) is 3. The molecule has 0 fully saturated rings. The van der Waals surface area contributed by atoms with Gasteiger partial charge < -0.3 is 14.2 Å². The molecule has 8 heteroatoms. The first-order valence-electron chi connectivity index (χ1n) is 12.1. The third kappa shape index (κ3) is 15.9. The quantitative estimate of drug-likeness (QED) is 0.141. The molecule has 7 nitrogen and oxygen atoms in total. The van der Waals surface area contributed by atoms with Gasteiger partial charge in [-0.1, -0.05) is 63.7 Å². The van der Waals surface area contributed by atoms with Crippen LogP contribution in [0.15, 0.2) is 36.9 Å². The SMILES string of the molecule is C=CCOCC(COc1ccc(CCCCCCCCC)cc1)OCCCCS(=O)(=O)ON. The van der Waals surface area contributed by atoms with Crippen LogP contribution in [0.25, 0.3) is 0 Å². The van der Waals surface area contributed by atoms with Crippen molar-refractivity contribution in [2.75, 3.05) is 32.2 Å². The zero-order valence-corrected chi connectivity index (χ0v) is 21.0. The lowest BCUT2D eigenvalue weighted by atomic mass is 10.0. The van der Waals surface area contributed by atoms with Gasteiger partial charge in [0, 0.05) is 6.61 Å². The first-order valence-corrected chi connectivity index (χ1v) is 13.7. The molecule has 33 heavy (non-hydrogen) atoms. The van der Waals surface area contributed by atoms with Crippen molar-refractivity contribution in [3.8, 4) is 5.75 Å². The Labute approximate surface area is 200 Å². The second-order valence-corrected chi connectivity index (χ2v) is 9.93. The van der Waals surface area contributed by atoms with Crippen molar-refractivity contribution in [1.82, 2.24) is 0 Å². The normalized spacial score (nSPS) is 12.5. The minimum Gasteiger partial charge on any atom is -0.491 e. The highest BCUT2D eigenvalue weighted by molar-refractivity contribution is 7.86. The van der Waals surface area contributed by atoms with Gasteiger partial charge in [0.05, 0.1) is 19.0 Å². The lowest BCUT2D eigenvalue weighted by Gasteiger charge is -2.18. The number of hydrogen-bond acceptors (Lipinski definition) is 7. The van der Waals surface area contributed by atoms with Crippen molar-refractivity contribution in [3.05, 3.63) is 42.5 Å². The molecular weight excluding hydrogens is 442 g/mol. The van der Waals surface area contributed by atoms with Gasteiger partial charge >= 0.3 is 0 Å². The van der Waals surface area contributed by atoms with Gasteiger partial charge in [0.15, 0.2) is 0 Å². The summed E-state index contributed by atoms with van der Waals surface area (Å²) in [5.74, 6) is 5.39. The first-order chi connectivity index (χ1) is 16.0. The molecule has 0 saturated carbocycles. The summed E-state index contributed by atoms with van der Waals surface area (Å²) in [5.41, 5.74) is 1.33. The average molecular weight is 486 g/mol. The zero-order chi connectivity index (χ0) is 24.2. The molecule has 1 aromatic rings. The minimum atomic E-state index is -3.64. The molecule has 2 N–H and O–H groups in total. The predicted molar refractivity (Wildman–Crippen MR) is 133 cm³/mol. The van der Waals surface area contributed by atoms with E-state index in [4.69, 9.17) is 20.1 Å². The largest absolute Gasteiger partial charge is 0.491 e. The van der Waals surface area contributed by atoms with Crippen LogP contribution in [-0.4, -0.2) is 46.7 Å². The van der Waals surface area contributed by atoms with Crippen molar-refractivity contribution >= 4 is 10.1 Å². The molecule has 0 spiro atoms. The Morgan fingerprint density at radius 1 is 0.970 bits per heavy atom. The summed E-state index contributed by atoms with van der Waals surface area (Å²) in [5, 5.41) is 0. The Morgan fingerprint density at radius 3 is 2.33 bits per heavy atom. The van der Waals surface area contributed by atoms with E-state index in [1.165, 1.54) is 50.5 Å². The maximum atomic E-state index is 11.2. The maximum Gasteiger partial charge on any atom is 0.283 e. The lowest BCUT2D eigenvalue weighted by molar-refractivity contribution is -0.0327. The molecule has 1 unspecified atom stereocenters. The van der Waals surface area contributed by atoms with E-state index in [1.54, 1.807) is 6.08 Å². The third-order valence-corrected chi connectivity index (χ3v) is 6.34. The molecule has 0 aliphatic heterocycles. The van der Waals surface area contributed by atoms with Gasteiger partial charge in [0.2, 0.25) is 0 Å². The minimum absolute atomic E-state index is 0.133. The Morgan fingerprint density at radius 2 is 1.67 bits per heavy atom. The van der Waals surface area contributed by atoms with E-state index in [9.17, 15) is 8.42 Å². The summed E-state index contributed by atoms with van der Waals surface area (Å²) in [6.45, 7) is 7.42. The van der Waals surface area contributed by atoms with Gasteiger partial charge in [-0.05, 0) is 43.4 Å². The van der Waals surface area contributed by atoms with Gasteiger partial charge in [0.25, 0.3) is 10.1 Å². The highest BCUT2D eigenvalue weighted by atomic mass is 32.2. The third-order valence-electron chi connectivity index (χ3n) is 5.26. The van der Waals surface area contributed by atoms with E-state index in [2.05, 4.69) is 29.9 Å². The second-order valence-electron chi connectivity index (χ2n) is 8.21. The van der Waals surface area contributed by atoms with E-state index in [0.717, 1.165) is 12.2 Å². The van der Waals surface area contributed by atoms with Crippen molar-refractivity contribution < 1.29 is 26.9 Å². The van der Waals surface area contributed by atoms with Crippen molar-refractivity contribution in [1.29, 1.82) is 0 Å². The van der Waals surface area contributed by atoms with Crippen LogP contribution < -0.4 is 10.6 Å². The number of nitrogens with two attached hydrogens (primary N) is 1. The monoisotopic (exact) mass is 485 g/mol. The standard InChI is InChI=1S/C25H43NO6S/c1-3-5-6-7-8-9-10-13-23-14-16-24(17-15-23)31-22-25(21-29-18-4-2)30-19-11-12-20-33(27,28)32-26/h4,14-17,25H,2-3,5-13,18-22,26H2,1H3. The second kappa shape index (κ2) is 18.9. The summed E-state index contributed by atoms with van der Waals surface area (Å²) >= 11 is 0. The van der Waals surface area contributed by atoms with Crippen molar-refractivity contribution in [2.24, 2.45) is 5.90 Å². The van der Waals surface area contributed by atoms with E-state index in [0.29, 0.717) is 39.3 Å². The van der Waals surface area contributed by atoms with Crippen LogP contribution in [0.3, 0.4) is 0 Å². The molecule has 0 aromatic heterocycles. The van der Waals surface area contributed by atoms with E-state index in [-0.39, 0.29) is 11.9 Å². The predicted octanol–water partition coefficient (Wildman–Crippen LogP) is 4.95. The van der Waals surface area contributed by atoms with Crippen molar-refractivity contribution in [3.63, 3.8) is 0 Å². The van der Waals surface area contributed by atoms with E-state index < -0.39 is 10.1 Å². The highest BCUT2D eigenvalue weighted by Crippen LogP contribution is 2.16. The number of rotatable bonds is 22. The van der Waals surface area contributed by atoms with E-state index >= 15 is 0 Å². The van der Waals surface area contributed by atoms with Gasteiger partial charge in [0.1, 0.15) is 18.5 Å². The van der Waals surface area contributed by atoms with Gasteiger partial charge in [-0.3, -0.25) is 0 Å². The van der Waals surface area contributed by atoms with Crippen molar-refractivity contribution in [2.45, 2.75) is 77.2 Å². The van der Waals surface area contributed by atoms with Crippen LogP contribution in [-0.2, 0) is 30.3 Å². The average Bonchev–Trinajstić information content (AvgIpc) is 2.82. The van der Waals surface area contributed by atoms with Crippen LogP contribution in [0.1, 0.15) is 70.3 Å². The first kappa shape index (κ1) is 29.6. The van der Waals surface area contributed by atoms with Crippen LogP contribution in [0, 0.1) is 0 Å². The Kier molecular flexibility index (Phi) is 17.0. The van der Waals surface area contributed by atoms with Gasteiger partial charge in [-0.25, -0.2) is 0 Å². The Bertz CT molecular complexity index is 708. The molecule has 0 aliphatic rings. The van der Waals surface area contributed by atoms with Gasteiger partial charge in [-0.2, -0.15) is 18.6 Å². The number of benzene rings is 1. The molecule has 1 atom stereocenters. The van der Waals surface area contributed by atoms with Crippen LogP contribution in [0.2, 0.25) is 0 Å². The van der Waals surface area contributed by atoms with E-state index in [1.807, 2.05) is 12.1 Å². The molecule has 0 amide bonds. The zero-order valence-electron chi connectivity index (χ0n) is 20.2. The van der Waals surface area contributed by atoms with Crippen LogP contribution in [0.4, 0.5) is 0 Å². The highest BCUT2D eigenvalue weighted by Gasteiger charge is 2.12. The molecule has 0 saturated heterocycles. The number of hydrogen-bond donors (Lipinski definition) is 1. The maximum absolute atomic E-state index is 11.2. The number of aryl methyl sites for hydroxylation is 1. The molecule has 1 rings (SSSR count). The van der Waals surface area contributed by atoms with Gasteiger partial charge in [-0.15, -0.1) is 6.58 Å². The fourth-order valence-corrected chi connectivity index (χ4v) is 3.99. The summed E-state index contributed by atoms with van der Waals surface area (Å²) in [4.78, 5) is 0. The fourth-order valence-electron chi connectivity index (χ4n) is 3.33. The molecular formula is C25H43NO6S. The smallest absolute Gasteiger partial charge is 0.283 e. The summed E-state index contributed by atoms with van der Waals surface area (Å²) < 4.78 is 43.7. The Balaban J connectivity index is 2.33. The fraction of sp³-hybridized carbons (Fsp3) is 0.680. The summed E-state index contributed by atoms with van der Waals surface area (Å²) in [6.07, 6.45) is 12.7. The Hall–Kier alpha value is -1.45. The molecule has 1 aromatic carbocycles.